The minimum atomic E-state index is -5.84. The first-order valence-corrected chi connectivity index (χ1v) is 26.1. The van der Waals surface area contributed by atoms with Gasteiger partial charge >= 0.3 is 42.7 Å². The van der Waals surface area contributed by atoms with Crippen molar-refractivity contribution in [3.05, 3.63) is 70.2 Å². The van der Waals surface area contributed by atoms with Gasteiger partial charge in [0.05, 0.1) is 36.0 Å². The third-order valence-corrected chi connectivity index (χ3v) is 14.6. The number of carbonyl (C=O) groups is 1. The molecule has 2 saturated heterocycles. The van der Waals surface area contributed by atoms with Gasteiger partial charge in [-0.25, -0.2) is 27.8 Å². The number of aliphatic hydroxyl groups is 3. The number of aliphatic hydroxyl groups excluding tert-OH is 3. The average molecular weight is 1080 g/mol. The van der Waals surface area contributed by atoms with Gasteiger partial charge in [0.15, 0.2) is 6.23 Å². The number of hydrogen-bond acceptors (Lipinski definition) is 19. The van der Waals surface area contributed by atoms with E-state index in [2.05, 4.69) is 39.4 Å². The molecule has 2 aliphatic rings. The topological polar surface area (TPSA) is 434 Å². The predicted octanol–water partition coefficient (Wildman–Crippen LogP) is -0.156. The maximum atomic E-state index is 12.6. The molecule has 2 fully saturated rings. The molecule has 0 saturated carbocycles. The predicted molar refractivity (Wildman–Crippen MR) is 221 cm³/mol. The number of rotatable bonds is 26. The summed E-state index contributed by atoms with van der Waals surface area (Å²) in [5, 5.41) is 33.8. The Bertz CT molecular complexity index is 2420. The molecule has 3 unspecified atom stereocenters. The summed E-state index contributed by atoms with van der Waals surface area (Å²) in [6, 6.07) is 0. The maximum Gasteiger partial charge on any atom is 0.490 e. The van der Waals surface area contributed by atoms with E-state index in [1.165, 1.54) is 18.3 Å². The van der Waals surface area contributed by atoms with Crippen molar-refractivity contribution in [2.45, 2.75) is 101 Å². The minimum absolute atomic E-state index is 0.0228. The number of amides is 1. The highest BCUT2D eigenvalue weighted by Crippen LogP contribution is 2.66. The third-order valence-electron chi connectivity index (χ3n) is 9.28. The molecule has 1 amide bonds. The van der Waals surface area contributed by atoms with Gasteiger partial charge in [-0.2, -0.15) is 8.62 Å². The second-order valence-electron chi connectivity index (χ2n) is 14.3. The summed E-state index contributed by atoms with van der Waals surface area (Å²) in [5.74, 6) is -0.286. The minimum Gasteiger partial charge on any atom is -0.390 e. The van der Waals surface area contributed by atoms with Crippen LogP contribution in [0.1, 0.15) is 75.8 Å². The lowest BCUT2D eigenvalue weighted by molar-refractivity contribution is -0.121. The quantitative estimate of drug-likeness (QED) is 0.0431. The summed E-state index contributed by atoms with van der Waals surface area (Å²) in [4.78, 5) is 111. The van der Waals surface area contributed by atoms with Crippen LogP contribution < -0.4 is 27.8 Å². The fraction of sp³-hybridized carbons (Fsp3) is 0.645. The smallest absolute Gasteiger partial charge is 0.390 e. The zero-order valence-corrected chi connectivity index (χ0v) is 38.9. The highest BCUT2D eigenvalue weighted by atomic mass is 79.9. The van der Waals surface area contributed by atoms with E-state index >= 15 is 0 Å². The Hall–Kier alpha value is -2.63. The zero-order valence-electron chi connectivity index (χ0n) is 33.7. The lowest BCUT2D eigenvalue weighted by Gasteiger charge is -2.19. The van der Waals surface area contributed by atoms with Gasteiger partial charge in [0.1, 0.15) is 30.6 Å². The van der Waals surface area contributed by atoms with Crippen LogP contribution in [0.4, 0.5) is 0 Å². The summed E-state index contributed by atoms with van der Waals surface area (Å²) in [7, 11) is -21.6. The highest BCUT2D eigenvalue weighted by Gasteiger charge is 2.47. The second kappa shape index (κ2) is 24.1. The number of ether oxygens (including phenoxy) is 2. The molecular weight excluding hydrogens is 1030 g/mol. The van der Waals surface area contributed by atoms with Crippen molar-refractivity contribution in [3.63, 3.8) is 0 Å². The van der Waals surface area contributed by atoms with Crippen LogP contribution in [-0.2, 0) is 54.7 Å². The number of aromatic nitrogens is 4. The van der Waals surface area contributed by atoms with E-state index < -0.39 is 110 Å². The van der Waals surface area contributed by atoms with Gasteiger partial charge in [-0.15, -0.1) is 0 Å². The molecule has 0 bridgehead atoms. The fourth-order valence-corrected chi connectivity index (χ4v) is 10.3. The fourth-order valence-electron chi connectivity index (χ4n) is 6.19. The summed E-state index contributed by atoms with van der Waals surface area (Å²) >= 11 is 3.01. The molecule has 65 heavy (non-hydrogen) atoms. The van der Waals surface area contributed by atoms with E-state index in [0.29, 0.717) is 23.8 Å². The number of aromatic amines is 2. The van der Waals surface area contributed by atoms with Crippen LogP contribution >= 0.6 is 47.2 Å². The van der Waals surface area contributed by atoms with Gasteiger partial charge in [0, 0.05) is 31.8 Å². The number of nitrogens with zero attached hydrogens (tertiary/aromatic N) is 2. The Balaban J connectivity index is 1.08. The molecule has 4 rings (SSSR count). The lowest BCUT2D eigenvalue weighted by atomic mass is 10.1. The zero-order chi connectivity index (χ0) is 48.3. The Labute approximate surface area is 374 Å². The van der Waals surface area contributed by atoms with Crippen LogP contribution in [0.3, 0.4) is 0 Å². The van der Waals surface area contributed by atoms with Crippen molar-refractivity contribution in [2.75, 3.05) is 26.4 Å². The molecule has 2 aromatic heterocycles. The molecule has 2 aromatic rings. The second-order valence-corrected chi connectivity index (χ2v) is 21.0. The molecule has 29 nitrogen and oxygen atoms in total. The van der Waals surface area contributed by atoms with Crippen LogP contribution in [0, 0.1) is 0 Å². The maximum absolute atomic E-state index is 12.6. The number of phosphoric ester groups is 2. The standard InChI is InChI=1S/C31H48BrN5O24P4/c32-19-15-36(30(44)35-28(19)43)24-13-20(38)21(58-24)16-56-63(49,50)55-12-7-5-3-1-2-4-6-10-23(39)33-11-8-9-18-14-37(31(45)34-27(18)42)29-26(41)25(40)22(59-29)17-57-64(51,52)61-65(53,54)60-62(46,47)48/h8-9,14-15,20-22,24-26,29,38,40-41H,1-7,10-13,16-17H2,(H,33,39)(H,49,50)(H,51,52)(H,53,54)(H,34,42,45)(H,35,43,44)(H2,46,47,48)/b9-8+/t20-,21+,22+,24+,25+,26+,29+/m0/s1. The van der Waals surface area contributed by atoms with Crippen molar-refractivity contribution in [1.82, 2.24) is 24.4 Å². The summed E-state index contributed by atoms with van der Waals surface area (Å²) in [5.41, 5.74) is -3.53. The Morgan fingerprint density at radius 3 is 2.03 bits per heavy atom. The van der Waals surface area contributed by atoms with E-state index in [9.17, 15) is 72.2 Å². The Morgan fingerprint density at radius 1 is 0.754 bits per heavy atom. The Kier molecular flexibility index (Phi) is 20.4. The summed E-state index contributed by atoms with van der Waals surface area (Å²) in [6.07, 6.45) is -0.525. The number of hydrogen-bond donors (Lipinski definition) is 11. The van der Waals surface area contributed by atoms with Crippen molar-refractivity contribution in [2.24, 2.45) is 0 Å². The molecule has 34 heteroatoms. The molecule has 368 valence electrons. The molecular formula is C31H48BrN5O24P4. The first-order valence-electron chi connectivity index (χ1n) is 19.3. The van der Waals surface area contributed by atoms with Gasteiger partial charge < -0.3 is 54.6 Å². The monoisotopic (exact) mass is 1080 g/mol. The highest BCUT2D eigenvalue weighted by molar-refractivity contribution is 9.10. The molecule has 11 N–H and O–H groups in total. The van der Waals surface area contributed by atoms with Gasteiger partial charge in [-0.3, -0.25) is 47.1 Å². The molecule has 0 aromatic carbocycles. The molecule has 0 radical (unpaired) electrons. The van der Waals surface area contributed by atoms with Crippen molar-refractivity contribution < 1.29 is 94.5 Å². The SMILES string of the molecule is O=C(CCCCCCCCCOP(=O)(O)OC[C@H]1O[C@@H](n2cc(Br)c(=O)[nH]c2=O)C[C@@H]1O)NC/C=C/c1cn([C@@H]2O[C@H](COP(=O)(O)OP(=O)(O)OP(=O)(O)O)[C@@H](O)[C@H]2O)c(=O)[nH]c1=O. The van der Waals surface area contributed by atoms with Gasteiger partial charge in [0.2, 0.25) is 5.91 Å². The number of carbonyl (C=O) groups excluding carboxylic acids is 1. The molecule has 4 heterocycles. The number of nitrogens with one attached hydrogen (secondary N) is 3. The number of unbranched alkanes of at least 4 members (excludes halogenated alkanes) is 6. The van der Waals surface area contributed by atoms with Crippen LogP contribution in [0.2, 0.25) is 0 Å². The number of halogens is 1. The molecule has 10 atom stereocenters. The lowest BCUT2D eigenvalue weighted by Crippen LogP contribution is -2.38. The first kappa shape index (κ1) is 55.0. The van der Waals surface area contributed by atoms with Crippen LogP contribution in [-0.4, -0.2) is 122 Å². The van der Waals surface area contributed by atoms with Crippen LogP contribution in [0.25, 0.3) is 6.08 Å². The third kappa shape index (κ3) is 17.8. The summed E-state index contributed by atoms with van der Waals surface area (Å²) < 4.78 is 81.0. The largest absolute Gasteiger partial charge is 0.490 e. The van der Waals surface area contributed by atoms with Crippen molar-refractivity contribution >= 4 is 59.2 Å². The van der Waals surface area contributed by atoms with E-state index in [4.69, 9.17) is 28.3 Å². The number of H-pyrrole nitrogens is 2. The molecule has 0 aliphatic carbocycles. The van der Waals surface area contributed by atoms with Crippen molar-refractivity contribution in [1.29, 1.82) is 0 Å². The van der Waals surface area contributed by atoms with E-state index in [1.54, 1.807) is 0 Å². The average Bonchev–Trinajstić information content (AvgIpc) is 3.70. The van der Waals surface area contributed by atoms with Gasteiger partial charge in [-0.05, 0) is 28.8 Å². The van der Waals surface area contributed by atoms with Crippen LogP contribution in [0.15, 0.2) is 42.1 Å². The molecule has 0 spiro atoms. The van der Waals surface area contributed by atoms with Gasteiger partial charge in [0.25, 0.3) is 11.1 Å². The first-order chi connectivity index (χ1) is 30.3. The summed E-state index contributed by atoms with van der Waals surface area (Å²) in [6.45, 7) is -1.73. The Morgan fingerprint density at radius 2 is 1.35 bits per heavy atom. The van der Waals surface area contributed by atoms with E-state index in [0.717, 1.165) is 36.4 Å². The van der Waals surface area contributed by atoms with Crippen molar-refractivity contribution in [3.8, 4) is 0 Å². The van der Waals surface area contributed by atoms with E-state index in [1.807, 2.05) is 4.98 Å². The number of phosphoric acid groups is 4. The molecule has 2 aliphatic heterocycles. The normalized spacial score (nSPS) is 25.3. The van der Waals surface area contributed by atoms with E-state index in [-0.39, 0.29) is 41.9 Å². The van der Waals surface area contributed by atoms with Gasteiger partial charge in [-0.1, -0.05) is 44.3 Å². The van der Waals surface area contributed by atoms with Crippen LogP contribution in [0.5, 0.6) is 0 Å².